The van der Waals surface area contributed by atoms with Gasteiger partial charge in [0.15, 0.2) is 0 Å². The molecule has 0 radical (unpaired) electrons. The van der Waals surface area contributed by atoms with Crippen LogP contribution in [0.1, 0.15) is 22.8 Å². The van der Waals surface area contributed by atoms with Crippen molar-refractivity contribution in [3.63, 3.8) is 0 Å². The van der Waals surface area contributed by atoms with Gasteiger partial charge in [-0.3, -0.25) is 9.59 Å². The SMILES string of the molecule is CCOc1ccc(C(=O)Oc2ccc(/C=N\NC(=O)C(=O)Nc3ccccc3Cl)cc2)cc1. The van der Waals surface area contributed by atoms with Gasteiger partial charge < -0.3 is 14.8 Å². The number of ether oxygens (including phenoxy) is 2. The van der Waals surface area contributed by atoms with Gasteiger partial charge in [0, 0.05) is 0 Å². The summed E-state index contributed by atoms with van der Waals surface area (Å²) >= 11 is 5.94. The fourth-order valence-electron chi connectivity index (χ4n) is 2.60. The highest BCUT2D eigenvalue weighted by Crippen LogP contribution is 2.20. The molecule has 8 nitrogen and oxygen atoms in total. The van der Waals surface area contributed by atoms with Gasteiger partial charge >= 0.3 is 17.8 Å². The fraction of sp³-hybridized carbons (Fsp3) is 0.0833. The number of rotatable bonds is 7. The number of hydrazone groups is 1. The normalized spacial score (nSPS) is 10.5. The van der Waals surface area contributed by atoms with Crippen LogP contribution in [0.4, 0.5) is 5.69 Å². The molecule has 9 heteroatoms. The molecule has 0 atom stereocenters. The van der Waals surface area contributed by atoms with Crippen molar-refractivity contribution in [2.24, 2.45) is 5.10 Å². The molecule has 0 fully saturated rings. The number of carbonyl (C=O) groups is 3. The van der Waals surface area contributed by atoms with Gasteiger partial charge in [0.1, 0.15) is 11.5 Å². The Balaban J connectivity index is 1.50. The summed E-state index contributed by atoms with van der Waals surface area (Å²) in [7, 11) is 0. The number of nitrogens with zero attached hydrogens (tertiary/aromatic N) is 1. The Labute approximate surface area is 195 Å². The highest BCUT2D eigenvalue weighted by atomic mass is 35.5. The summed E-state index contributed by atoms with van der Waals surface area (Å²) in [6.45, 7) is 2.42. The minimum absolute atomic E-state index is 0.311. The molecule has 3 rings (SSSR count). The van der Waals surface area contributed by atoms with Crippen LogP contribution in [-0.4, -0.2) is 30.6 Å². The summed E-state index contributed by atoms with van der Waals surface area (Å²) in [5, 5.41) is 6.46. The van der Waals surface area contributed by atoms with Crippen LogP contribution in [0, 0.1) is 0 Å². The lowest BCUT2D eigenvalue weighted by atomic mass is 10.2. The van der Waals surface area contributed by atoms with E-state index in [0.29, 0.717) is 39.9 Å². The monoisotopic (exact) mass is 465 g/mol. The van der Waals surface area contributed by atoms with E-state index >= 15 is 0 Å². The first-order chi connectivity index (χ1) is 16.0. The van der Waals surface area contributed by atoms with Crippen LogP contribution >= 0.6 is 11.6 Å². The van der Waals surface area contributed by atoms with Crippen LogP contribution in [0.25, 0.3) is 0 Å². The minimum Gasteiger partial charge on any atom is -0.494 e. The standard InChI is InChI=1S/C24H20ClN3O5/c1-2-32-18-13-9-17(10-14-18)24(31)33-19-11-7-16(8-12-19)15-26-28-23(30)22(29)27-21-6-4-3-5-20(21)25/h3-15H,2H2,1H3,(H,27,29)(H,28,30)/b26-15-. The van der Waals surface area contributed by atoms with E-state index in [0.717, 1.165) is 0 Å². The fourth-order valence-corrected chi connectivity index (χ4v) is 2.78. The third-order valence-electron chi connectivity index (χ3n) is 4.20. The second kappa shape index (κ2) is 11.4. The van der Waals surface area contributed by atoms with E-state index < -0.39 is 17.8 Å². The van der Waals surface area contributed by atoms with Crippen molar-refractivity contribution in [2.75, 3.05) is 11.9 Å². The van der Waals surface area contributed by atoms with Gasteiger partial charge in [-0.05, 0) is 73.2 Å². The van der Waals surface area contributed by atoms with Crippen LogP contribution in [0.2, 0.25) is 5.02 Å². The van der Waals surface area contributed by atoms with Crippen molar-refractivity contribution in [2.45, 2.75) is 6.92 Å². The van der Waals surface area contributed by atoms with Crippen molar-refractivity contribution in [3.05, 3.63) is 88.9 Å². The molecule has 2 N–H and O–H groups in total. The van der Waals surface area contributed by atoms with E-state index in [-0.39, 0.29) is 0 Å². The van der Waals surface area contributed by atoms with Crippen LogP contribution in [0.3, 0.4) is 0 Å². The Morgan fingerprint density at radius 1 is 0.909 bits per heavy atom. The number of halogens is 1. The molecule has 0 heterocycles. The van der Waals surface area contributed by atoms with E-state index in [1.165, 1.54) is 6.21 Å². The largest absolute Gasteiger partial charge is 0.494 e. The van der Waals surface area contributed by atoms with Crippen molar-refractivity contribution >= 4 is 41.3 Å². The summed E-state index contributed by atoms with van der Waals surface area (Å²) < 4.78 is 10.7. The maximum absolute atomic E-state index is 12.2. The summed E-state index contributed by atoms with van der Waals surface area (Å²) in [4.78, 5) is 36.0. The molecule has 0 aliphatic heterocycles. The van der Waals surface area contributed by atoms with Crippen LogP contribution in [0.15, 0.2) is 77.9 Å². The molecule has 0 unspecified atom stereocenters. The van der Waals surface area contributed by atoms with Gasteiger partial charge in [0.2, 0.25) is 0 Å². The van der Waals surface area contributed by atoms with Gasteiger partial charge in [0.25, 0.3) is 0 Å². The lowest BCUT2D eigenvalue weighted by Gasteiger charge is -2.06. The summed E-state index contributed by atoms with van der Waals surface area (Å²) in [5.74, 6) is -1.35. The first-order valence-electron chi connectivity index (χ1n) is 9.90. The molecule has 3 aromatic carbocycles. The van der Waals surface area contributed by atoms with Crippen molar-refractivity contribution < 1.29 is 23.9 Å². The summed E-state index contributed by atoms with van der Waals surface area (Å²) in [5.41, 5.74) is 3.45. The number of para-hydroxylation sites is 1. The van der Waals surface area contributed by atoms with E-state index in [1.807, 2.05) is 6.92 Å². The highest BCUT2D eigenvalue weighted by Gasteiger charge is 2.14. The summed E-state index contributed by atoms with van der Waals surface area (Å²) in [6.07, 6.45) is 1.35. The number of benzene rings is 3. The number of nitrogens with one attached hydrogen (secondary N) is 2. The first kappa shape index (κ1) is 23.5. The Morgan fingerprint density at radius 3 is 2.24 bits per heavy atom. The number of hydrogen-bond acceptors (Lipinski definition) is 6. The van der Waals surface area contributed by atoms with E-state index in [9.17, 15) is 14.4 Å². The quantitative estimate of drug-likeness (QED) is 0.180. The molecule has 0 aromatic heterocycles. The zero-order chi connectivity index (χ0) is 23.6. The molecule has 3 aromatic rings. The van der Waals surface area contributed by atoms with Gasteiger partial charge in [0.05, 0.1) is 29.1 Å². The molecule has 0 aliphatic carbocycles. The number of esters is 1. The second-order valence-corrected chi connectivity index (χ2v) is 6.96. The highest BCUT2D eigenvalue weighted by molar-refractivity contribution is 6.41. The van der Waals surface area contributed by atoms with Crippen LogP contribution in [-0.2, 0) is 9.59 Å². The molecule has 33 heavy (non-hydrogen) atoms. The average molecular weight is 466 g/mol. The molecule has 0 spiro atoms. The minimum atomic E-state index is -0.952. The topological polar surface area (TPSA) is 106 Å². The Morgan fingerprint density at radius 2 is 1.58 bits per heavy atom. The van der Waals surface area contributed by atoms with Gasteiger partial charge in [-0.2, -0.15) is 5.10 Å². The lowest BCUT2D eigenvalue weighted by molar-refractivity contribution is -0.136. The predicted molar refractivity (Wildman–Crippen MR) is 125 cm³/mol. The Bertz CT molecular complexity index is 1160. The second-order valence-electron chi connectivity index (χ2n) is 6.55. The molecular formula is C24H20ClN3O5. The zero-order valence-electron chi connectivity index (χ0n) is 17.6. The first-order valence-corrected chi connectivity index (χ1v) is 10.3. The van der Waals surface area contributed by atoms with Gasteiger partial charge in [-0.1, -0.05) is 23.7 Å². The third-order valence-corrected chi connectivity index (χ3v) is 4.53. The molecular weight excluding hydrogens is 446 g/mol. The predicted octanol–water partition coefficient (Wildman–Crippen LogP) is 4.05. The maximum Gasteiger partial charge on any atom is 0.343 e. The van der Waals surface area contributed by atoms with Crippen molar-refractivity contribution in [1.29, 1.82) is 0 Å². The van der Waals surface area contributed by atoms with E-state index in [4.69, 9.17) is 21.1 Å². The number of anilines is 1. The van der Waals surface area contributed by atoms with Gasteiger partial charge in [-0.15, -0.1) is 0 Å². The van der Waals surface area contributed by atoms with E-state index in [2.05, 4.69) is 15.8 Å². The molecule has 0 aliphatic rings. The molecule has 0 bridgehead atoms. The third kappa shape index (κ3) is 6.91. The van der Waals surface area contributed by atoms with E-state index in [1.54, 1.807) is 72.8 Å². The van der Waals surface area contributed by atoms with Crippen LogP contribution < -0.4 is 20.2 Å². The number of amides is 2. The van der Waals surface area contributed by atoms with Crippen molar-refractivity contribution in [3.8, 4) is 11.5 Å². The molecule has 2 amide bonds. The average Bonchev–Trinajstić information content (AvgIpc) is 2.82. The van der Waals surface area contributed by atoms with Crippen molar-refractivity contribution in [1.82, 2.24) is 5.43 Å². The molecule has 168 valence electrons. The molecule has 0 saturated heterocycles. The maximum atomic E-state index is 12.2. The van der Waals surface area contributed by atoms with Crippen LogP contribution in [0.5, 0.6) is 11.5 Å². The smallest absolute Gasteiger partial charge is 0.343 e. The molecule has 0 saturated carbocycles. The number of hydrogen-bond donors (Lipinski definition) is 2. The summed E-state index contributed by atoms with van der Waals surface area (Å²) in [6, 6.07) is 19.6. The number of carbonyl (C=O) groups excluding carboxylic acids is 3. The van der Waals surface area contributed by atoms with Gasteiger partial charge in [-0.25, -0.2) is 10.2 Å². The lowest BCUT2D eigenvalue weighted by Crippen LogP contribution is -2.32. The Kier molecular flexibility index (Phi) is 8.15. The zero-order valence-corrected chi connectivity index (χ0v) is 18.3. The Hall–Kier alpha value is -4.17.